The average Bonchev–Trinajstić information content (AvgIpc) is 2.50. The van der Waals surface area contributed by atoms with Crippen molar-refractivity contribution in [3.63, 3.8) is 0 Å². The quantitative estimate of drug-likeness (QED) is 0.502. The van der Waals surface area contributed by atoms with Crippen LogP contribution in [0.4, 0.5) is 5.69 Å². The third kappa shape index (κ3) is 5.16. The summed E-state index contributed by atoms with van der Waals surface area (Å²) in [6.07, 6.45) is 4.44. The van der Waals surface area contributed by atoms with E-state index in [-0.39, 0.29) is 12.3 Å². The summed E-state index contributed by atoms with van der Waals surface area (Å²) in [4.78, 5) is 27.2. The summed E-state index contributed by atoms with van der Waals surface area (Å²) in [6.45, 7) is 1.96. The van der Waals surface area contributed by atoms with Gasteiger partial charge in [-0.15, -0.1) is 0 Å². The number of rotatable bonds is 5. The Morgan fingerprint density at radius 3 is 2.45 bits per heavy atom. The van der Waals surface area contributed by atoms with Crippen LogP contribution in [0.3, 0.4) is 0 Å². The molecule has 2 N–H and O–H groups in total. The molecular formula is C16H16N4O2. The van der Waals surface area contributed by atoms with Crippen molar-refractivity contribution < 1.29 is 9.59 Å². The number of carbonyl (C=O) groups excluding carboxylic acids is 2. The number of amides is 2. The molecule has 2 aromatic rings. The molecule has 0 atom stereocenters. The number of hydrazone groups is 1. The van der Waals surface area contributed by atoms with Gasteiger partial charge in [0.2, 0.25) is 11.8 Å². The summed E-state index contributed by atoms with van der Waals surface area (Å²) in [5, 5.41) is 6.43. The van der Waals surface area contributed by atoms with Gasteiger partial charge in [-0.2, -0.15) is 5.10 Å². The zero-order valence-corrected chi connectivity index (χ0v) is 12.1. The van der Waals surface area contributed by atoms with Crippen LogP contribution in [0, 0.1) is 6.92 Å². The summed E-state index contributed by atoms with van der Waals surface area (Å²) >= 11 is 0. The number of hydrogen-bond acceptors (Lipinski definition) is 4. The van der Waals surface area contributed by atoms with Crippen molar-refractivity contribution in [3.05, 3.63) is 59.9 Å². The highest BCUT2D eigenvalue weighted by Gasteiger charge is 2.08. The van der Waals surface area contributed by atoms with Gasteiger partial charge in [-0.3, -0.25) is 14.6 Å². The average molecular weight is 296 g/mol. The van der Waals surface area contributed by atoms with Gasteiger partial charge in [0.25, 0.3) is 0 Å². The van der Waals surface area contributed by atoms with Gasteiger partial charge in [-0.1, -0.05) is 17.7 Å². The molecule has 0 radical (unpaired) electrons. The zero-order chi connectivity index (χ0) is 15.8. The van der Waals surface area contributed by atoms with Crippen LogP contribution in [-0.2, 0) is 9.59 Å². The molecular weight excluding hydrogens is 280 g/mol. The number of aromatic nitrogens is 1. The van der Waals surface area contributed by atoms with E-state index in [1.165, 1.54) is 6.21 Å². The van der Waals surface area contributed by atoms with E-state index in [1.807, 2.05) is 19.1 Å². The Kier molecular flexibility index (Phi) is 5.37. The molecule has 1 aromatic carbocycles. The summed E-state index contributed by atoms with van der Waals surface area (Å²) < 4.78 is 0. The third-order valence-electron chi connectivity index (χ3n) is 2.77. The number of nitrogens with zero attached hydrogens (tertiary/aromatic N) is 2. The van der Waals surface area contributed by atoms with E-state index in [4.69, 9.17) is 0 Å². The molecule has 1 heterocycles. The van der Waals surface area contributed by atoms with Crippen molar-refractivity contribution in [3.8, 4) is 0 Å². The molecule has 0 fully saturated rings. The fraction of sp³-hybridized carbons (Fsp3) is 0.125. The number of aryl methyl sites for hydroxylation is 1. The van der Waals surface area contributed by atoms with Crippen molar-refractivity contribution in [1.82, 2.24) is 10.4 Å². The summed E-state index contributed by atoms with van der Waals surface area (Å²) in [5.74, 6) is -0.865. The molecule has 0 saturated heterocycles. The predicted octanol–water partition coefficient (Wildman–Crippen LogP) is 1.87. The highest BCUT2D eigenvalue weighted by Crippen LogP contribution is 2.08. The maximum Gasteiger partial charge on any atom is 0.249 e. The third-order valence-corrected chi connectivity index (χ3v) is 2.77. The lowest BCUT2D eigenvalue weighted by Crippen LogP contribution is -2.24. The van der Waals surface area contributed by atoms with Gasteiger partial charge >= 0.3 is 0 Å². The first-order valence-corrected chi connectivity index (χ1v) is 6.72. The van der Waals surface area contributed by atoms with E-state index in [0.717, 1.165) is 11.1 Å². The van der Waals surface area contributed by atoms with Gasteiger partial charge in [0.05, 0.1) is 6.21 Å². The number of carbonyl (C=O) groups is 2. The van der Waals surface area contributed by atoms with E-state index in [9.17, 15) is 9.59 Å². The molecule has 112 valence electrons. The number of benzene rings is 1. The van der Waals surface area contributed by atoms with Crippen molar-refractivity contribution in [2.75, 3.05) is 5.32 Å². The molecule has 6 nitrogen and oxygen atoms in total. The fourth-order valence-corrected chi connectivity index (χ4v) is 1.66. The molecule has 1 aromatic heterocycles. The smallest absolute Gasteiger partial charge is 0.249 e. The molecule has 22 heavy (non-hydrogen) atoms. The highest BCUT2D eigenvalue weighted by atomic mass is 16.2. The molecule has 2 amide bonds. The number of anilines is 1. The maximum atomic E-state index is 11.7. The van der Waals surface area contributed by atoms with Gasteiger partial charge in [-0.05, 0) is 36.8 Å². The summed E-state index contributed by atoms with van der Waals surface area (Å²) in [5.41, 5.74) is 4.87. The van der Waals surface area contributed by atoms with E-state index in [2.05, 4.69) is 20.8 Å². The minimum atomic E-state index is -0.477. The highest BCUT2D eigenvalue weighted by molar-refractivity contribution is 6.03. The SMILES string of the molecule is Cc1ccc(NC(=O)CC(=O)NN=Cc2ccncc2)cc1. The Bertz CT molecular complexity index is 666. The first-order valence-electron chi connectivity index (χ1n) is 6.72. The van der Waals surface area contributed by atoms with E-state index >= 15 is 0 Å². The van der Waals surface area contributed by atoms with Crippen LogP contribution in [0.2, 0.25) is 0 Å². The second kappa shape index (κ2) is 7.68. The van der Waals surface area contributed by atoms with Crippen LogP contribution in [0.1, 0.15) is 17.5 Å². The zero-order valence-electron chi connectivity index (χ0n) is 12.1. The van der Waals surface area contributed by atoms with Gasteiger partial charge < -0.3 is 5.32 Å². The van der Waals surface area contributed by atoms with Crippen LogP contribution in [0.15, 0.2) is 53.9 Å². The molecule has 0 spiro atoms. The van der Waals surface area contributed by atoms with Crippen LogP contribution in [0.5, 0.6) is 0 Å². The lowest BCUT2D eigenvalue weighted by molar-refractivity contribution is -0.126. The molecule has 0 bridgehead atoms. The van der Waals surface area contributed by atoms with Gasteiger partial charge in [0, 0.05) is 18.1 Å². The van der Waals surface area contributed by atoms with Crippen LogP contribution >= 0.6 is 0 Å². The lowest BCUT2D eigenvalue weighted by atomic mass is 10.2. The Labute approximate surface area is 128 Å². The van der Waals surface area contributed by atoms with Crippen molar-refractivity contribution in [1.29, 1.82) is 0 Å². The Morgan fingerprint density at radius 2 is 1.77 bits per heavy atom. The van der Waals surface area contributed by atoms with Crippen molar-refractivity contribution in [2.24, 2.45) is 5.10 Å². The van der Waals surface area contributed by atoms with Crippen molar-refractivity contribution in [2.45, 2.75) is 13.3 Å². The van der Waals surface area contributed by atoms with Crippen LogP contribution in [-0.4, -0.2) is 23.0 Å². The predicted molar refractivity (Wildman–Crippen MR) is 84.4 cm³/mol. The molecule has 0 aliphatic heterocycles. The molecule has 6 heteroatoms. The van der Waals surface area contributed by atoms with E-state index < -0.39 is 5.91 Å². The fourth-order valence-electron chi connectivity index (χ4n) is 1.66. The first kappa shape index (κ1) is 15.4. The number of hydrogen-bond donors (Lipinski definition) is 2. The van der Waals surface area contributed by atoms with E-state index in [0.29, 0.717) is 5.69 Å². The maximum absolute atomic E-state index is 11.7. The number of nitrogens with one attached hydrogen (secondary N) is 2. The molecule has 0 unspecified atom stereocenters. The summed E-state index contributed by atoms with van der Waals surface area (Å²) in [7, 11) is 0. The normalized spacial score (nSPS) is 10.4. The topological polar surface area (TPSA) is 83.5 Å². The second-order valence-electron chi connectivity index (χ2n) is 4.66. The summed E-state index contributed by atoms with van der Waals surface area (Å²) in [6, 6.07) is 10.8. The molecule has 2 rings (SSSR count). The minimum Gasteiger partial charge on any atom is -0.326 e. The molecule has 0 saturated carbocycles. The molecule has 0 aliphatic carbocycles. The number of pyridine rings is 1. The van der Waals surface area contributed by atoms with Crippen LogP contribution < -0.4 is 10.7 Å². The standard InChI is InChI=1S/C16H16N4O2/c1-12-2-4-14(5-3-12)19-15(21)10-16(22)20-18-11-13-6-8-17-9-7-13/h2-9,11H,10H2,1H3,(H,19,21)(H,20,22). The van der Waals surface area contributed by atoms with Crippen molar-refractivity contribution >= 4 is 23.7 Å². The van der Waals surface area contributed by atoms with E-state index in [1.54, 1.807) is 36.7 Å². The van der Waals surface area contributed by atoms with Gasteiger partial charge in [-0.25, -0.2) is 5.43 Å². The monoisotopic (exact) mass is 296 g/mol. The minimum absolute atomic E-state index is 0.290. The Hall–Kier alpha value is -3.02. The van der Waals surface area contributed by atoms with Crippen LogP contribution in [0.25, 0.3) is 0 Å². The lowest BCUT2D eigenvalue weighted by Gasteiger charge is -2.04. The largest absolute Gasteiger partial charge is 0.326 e. The van der Waals surface area contributed by atoms with Gasteiger partial charge in [0.15, 0.2) is 0 Å². The Balaban J connectivity index is 1.78. The van der Waals surface area contributed by atoms with Gasteiger partial charge in [0.1, 0.15) is 6.42 Å². The first-order chi connectivity index (χ1) is 10.6. The molecule has 0 aliphatic rings. The Morgan fingerprint density at radius 1 is 1.09 bits per heavy atom. The second-order valence-corrected chi connectivity index (χ2v) is 4.66.